The lowest BCUT2D eigenvalue weighted by atomic mass is 10.0. The largest absolute Gasteiger partial charge is 0.303 e. The highest BCUT2D eigenvalue weighted by molar-refractivity contribution is 5.63. The molecule has 22 heavy (non-hydrogen) atoms. The van der Waals surface area contributed by atoms with E-state index in [2.05, 4.69) is 33.7 Å². The minimum atomic E-state index is 0.762. The van der Waals surface area contributed by atoms with Crippen molar-refractivity contribution in [3.8, 4) is 11.3 Å². The number of fused-ring (bicyclic) bond motifs is 1. The summed E-state index contributed by atoms with van der Waals surface area (Å²) in [5.74, 6) is 0.762. The lowest BCUT2D eigenvalue weighted by Gasteiger charge is -2.20. The highest BCUT2D eigenvalue weighted by Gasteiger charge is 2.19. The summed E-state index contributed by atoms with van der Waals surface area (Å²) in [4.78, 5) is 15.8. The molecule has 3 rings (SSSR count). The van der Waals surface area contributed by atoms with Crippen LogP contribution >= 0.6 is 0 Å². The Kier molecular flexibility index (Phi) is 4.78. The molecule has 4 nitrogen and oxygen atoms in total. The highest BCUT2D eigenvalue weighted by atomic mass is 15.1. The van der Waals surface area contributed by atoms with Crippen molar-refractivity contribution in [2.45, 2.75) is 33.1 Å². The van der Waals surface area contributed by atoms with E-state index >= 15 is 0 Å². The minimum Gasteiger partial charge on any atom is -0.303 e. The summed E-state index contributed by atoms with van der Waals surface area (Å²) in [5, 5.41) is 0. The lowest BCUT2D eigenvalue weighted by molar-refractivity contribution is 0.269. The monoisotopic (exact) mass is 296 g/mol. The van der Waals surface area contributed by atoms with Crippen LogP contribution in [0.15, 0.2) is 30.9 Å². The molecule has 4 heteroatoms. The van der Waals surface area contributed by atoms with Crippen LogP contribution < -0.4 is 0 Å². The van der Waals surface area contributed by atoms with Crippen LogP contribution in [-0.4, -0.2) is 39.5 Å². The molecular weight excluding hydrogens is 272 g/mol. The van der Waals surface area contributed by atoms with Crippen molar-refractivity contribution >= 4 is 0 Å². The molecule has 0 N–H and O–H groups in total. The molecule has 0 radical (unpaired) electrons. The Morgan fingerprint density at radius 1 is 1.09 bits per heavy atom. The fourth-order valence-corrected chi connectivity index (χ4v) is 3.00. The van der Waals surface area contributed by atoms with Crippen molar-refractivity contribution in [3.05, 3.63) is 42.1 Å². The third-order valence-corrected chi connectivity index (χ3v) is 4.35. The van der Waals surface area contributed by atoms with E-state index in [1.165, 1.54) is 24.2 Å². The van der Waals surface area contributed by atoms with E-state index in [9.17, 15) is 0 Å². The Bertz CT molecular complexity index is 610. The second kappa shape index (κ2) is 6.97. The molecule has 2 aromatic heterocycles. The number of hydrogen-bond donors (Lipinski definition) is 0. The van der Waals surface area contributed by atoms with Gasteiger partial charge in [-0.3, -0.25) is 4.98 Å². The molecule has 1 aliphatic rings. The van der Waals surface area contributed by atoms with Crippen molar-refractivity contribution < 1.29 is 0 Å². The number of nitrogens with zero attached hydrogens (tertiary/aromatic N) is 4. The molecular formula is C18H24N4. The van der Waals surface area contributed by atoms with Crippen molar-refractivity contribution in [1.82, 2.24) is 19.9 Å². The molecule has 0 bridgehead atoms. The van der Waals surface area contributed by atoms with Gasteiger partial charge in [0.1, 0.15) is 6.33 Å². The van der Waals surface area contributed by atoms with Crippen LogP contribution in [0.5, 0.6) is 0 Å². The van der Waals surface area contributed by atoms with Gasteiger partial charge in [-0.1, -0.05) is 13.8 Å². The molecule has 0 spiro atoms. The molecule has 0 aliphatic carbocycles. The van der Waals surface area contributed by atoms with Crippen molar-refractivity contribution in [2.75, 3.05) is 19.6 Å². The van der Waals surface area contributed by atoms with Gasteiger partial charge in [0.25, 0.3) is 0 Å². The van der Waals surface area contributed by atoms with Crippen molar-refractivity contribution in [1.29, 1.82) is 0 Å². The number of hydrogen-bond acceptors (Lipinski definition) is 4. The smallest absolute Gasteiger partial charge is 0.116 e. The Morgan fingerprint density at radius 2 is 1.86 bits per heavy atom. The van der Waals surface area contributed by atoms with Gasteiger partial charge in [0.05, 0.1) is 5.69 Å². The third-order valence-electron chi connectivity index (χ3n) is 4.35. The second-order valence-electron chi connectivity index (χ2n) is 6.41. The van der Waals surface area contributed by atoms with Crippen LogP contribution in [0.25, 0.3) is 11.3 Å². The number of rotatable bonds is 4. The quantitative estimate of drug-likeness (QED) is 0.870. The molecule has 0 atom stereocenters. The Balaban J connectivity index is 1.81. The first kappa shape index (κ1) is 15.1. The molecule has 3 heterocycles. The zero-order valence-corrected chi connectivity index (χ0v) is 13.5. The van der Waals surface area contributed by atoms with Crippen LogP contribution in [0.3, 0.4) is 0 Å². The van der Waals surface area contributed by atoms with E-state index in [1.807, 2.05) is 24.5 Å². The normalized spacial score (nSPS) is 15.6. The molecule has 0 saturated heterocycles. The lowest BCUT2D eigenvalue weighted by Crippen LogP contribution is -2.28. The van der Waals surface area contributed by atoms with Crippen LogP contribution in [0, 0.1) is 5.92 Å². The van der Waals surface area contributed by atoms with Gasteiger partial charge in [0.15, 0.2) is 0 Å². The molecule has 1 aliphatic heterocycles. The first-order valence-corrected chi connectivity index (χ1v) is 8.19. The second-order valence-corrected chi connectivity index (χ2v) is 6.41. The SMILES string of the molecule is CC(C)CCN1CCc2ncnc(-c3ccncc3)c2CC1. The van der Waals surface area contributed by atoms with E-state index < -0.39 is 0 Å². The Morgan fingerprint density at radius 3 is 2.64 bits per heavy atom. The van der Waals surface area contributed by atoms with E-state index in [0.717, 1.165) is 43.1 Å². The van der Waals surface area contributed by atoms with E-state index in [4.69, 9.17) is 0 Å². The van der Waals surface area contributed by atoms with Crippen LogP contribution in [-0.2, 0) is 12.8 Å². The zero-order chi connectivity index (χ0) is 15.4. The van der Waals surface area contributed by atoms with Gasteiger partial charge in [-0.15, -0.1) is 0 Å². The fraction of sp³-hybridized carbons (Fsp3) is 0.500. The van der Waals surface area contributed by atoms with Gasteiger partial charge in [0, 0.05) is 48.7 Å². The summed E-state index contributed by atoms with van der Waals surface area (Å²) < 4.78 is 0. The average molecular weight is 296 g/mol. The topological polar surface area (TPSA) is 41.9 Å². The van der Waals surface area contributed by atoms with Gasteiger partial charge in [0.2, 0.25) is 0 Å². The molecule has 0 aromatic carbocycles. The molecule has 0 fully saturated rings. The molecule has 0 unspecified atom stereocenters. The van der Waals surface area contributed by atoms with Crippen molar-refractivity contribution in [2.24, 2.45) is 5.92 Å². The number of pyridine rings is 1. The van der Waals surface area contributed by atoms with E-state index in [1.54, 1.807) is 6.33 Å². The van der Waals surface area contributed by atoms with E-state index in [-0.39, 0.29) is 0 Å². The van der Waals surface area contributed by atoms with Gasteiger partial charge in [-0.05, 0) is 37.4 Å². The molecule has 0 saturated carbocycles. The maximum Gasteiger partial charge on any atom is 0.116 e. The summed E-state index contributed by atoms with van der Waals surface area (Å²) in [6, 6.07) is 4.06. The highest BCUT2D eigenvalue weighted by Crippen LogP contribution is 2.25. The maximum absolute atomic E-state index is 4.55. The molecule has 2 aromatic rings. The predicted octanol–water partition coefficient (Wildman–Crippen LogP) is 2.99. The van der Waals surface area contributed by atoms with Crippen LogP contribution in [0.1, 0.15) is 31.5 Å². The fourth-order valence-electron chi connectivity index (χ4n) is 3.00. The summed E-state index contributed by atoms with van der Waals surface area (Å²) in [5.41, 5.74) is 4.76. The van der Waals surface area contributed by atoms with Gasteiger partial charge in [-0.25, -0.2) is 9.97 Å². The first-order valence-electron chi connectivity index (χ1n) is 8.19. The third kappa shape index (κ3) is 3.50. The minimum absolute atomic E-state index is 0.762. The first-order chi connectivity index (χ1) is 10.7. The number of aromatic nitrogens is 3. The Hall–Kier alpha value is -1.81. The predicted molar refractivity (Wildman–Crippen MR) is 88.6 cm³/mol. The average Bonchev–Trinajstić information content (AvgIpc) is 2.76. The van der Waals surface area contributed by atoms with E-state index in [0.29, 0.717) is 0 Å². The van der Waals surface area contributed by atoms with Gasteiger partial charge >= 0.3 is 0 Å². The summed E-state index contributed by atoms with van der Waals surface area (Å²) in [7, 11) is 0. The maximum atomic E-state index is 4.55. The van der Waals surface area contributed by atoms with Crippen LogP contribution in [0.4, 0.5) is 0 Å². The van der Waals surface area contributed by atoms with Crippen molar-refractivity contribution in [3.63, 3.8) is 0 Å². The zero-order valence-electron chi connectivity index (χ0n) is 13.5. The molecule has 116 valence electrons. The van der Waals surface area contributed by atoms with Gasteiger partial charge < -0.3 is 4.90 Å². The summed E-state index contributed by atoms with van der Waals surface area (Å²) >= 11 is 0. The van der Waals surface area contributed by atoms with Crippen LogP contribution in [0.2, 0.25) is 0 Å². The standard InChI is InChI=1S/C18H24N4/c1-14(2)5-10-22-11-6-16-17(7-12-22)20-13-21-18(16)15-3-8-19-9-4-15/h3-4,8-9,13-14H,5-7,10-12H2,1-2H3. The molecule has 0 amide bonds. The summed E-state index contributed by atoms with van der Waals surface area (Å²) in [6.07, 6.45) is 8.68. The Labute approximate surface area is 132 Å². The van der Waals surface area contributed by atoms with Gasteiger partial charge in [-0.2, -0.15) is 0 Å². The summed E-state index contributed by atoms with van der Waals surface area (Å²) in [6.45, 7) is 7.97.